The van der Waals surface area contributed by atoms with E-state index >= 15 is 0 Å². The van der Waals surface area contributed by atoms with Crippen LogP contribution in [0.15, 0.2) is 30.3 Å². The lowest BCUT2D eigenvalue weighted by molar-refractivity contribution is -0.921. The summed E-state index contributed by atoms with van der Waals surface area (Å²) >= 11 is 0. The summed E-state index contributed by atoms with van der Waals surface area (Å²) in [5.41, 5.74) is 1.31. The van der Waals surface area contributed by atoms with Gasteiger partial charge in [0, 0.05) is 12.7 Å². The first-order valence-corrected chi connectivity index (χ1v) is 6.78. The zero-order valence-electron chi connectivity index (χ0n) is 12.2. The first-order chi connectivity index (χ1) is 8.17. The summed E-state index contributed by atoms with van der Waals surface area (Å²) < 4.78 is 1.22. The van der Waals surface area contributed by atoms with E-state index in [2.05, 4.69) is 63.1 Å². The smallest absolute Gasteiger partial charge is 0.0964 e. The summed E-state index contributed by atoms with van der Waals surface area (Å²) in [7, 11) is 2.19. The van der Waals surface area contributed by atoms with Crippen LogP contribution in [0.25, 0.3) is 0 Å². The SMILES string of the molecule is CC[N+](CC)(CC)CCN(C)c1ccccc1.[I-]. The van der Waals surface area contributed by atoms with Gasteiger partial charge in [0.2, 0.25) is 0 Å². The second-order valence-corrected chi connectivity index (χ2v) is 4.77. The Kier molecular flexibility index (Phi) is 8.61. The topological polar surface area (TPSA) is 3.24 Å². The van der Waals surface area contributed by atoms with E-state index in [-0.39, 0.29) is 24.0 Å². The molecular formula is C15H27IN2. The first kappa shape index (κ1) is 17.7. The molecule has 104 valence electrons. The Morgan fingerprint density at radius 2 is 1.44 bits per heavy atom. The largest absolute Gasteiger partial charge is 1.00 e. The van der Waals surface area contributed by atoms with Gasteiger partial charge in [0.05, 0.1) is 32.7 Å². The molecule has 0 aromatic heterocycles. The summed E-state index contributed by atoms with van der Waals surface area (Å²) in [6.45, 7) is 13.0. The molecule has 0 aliphatic carbocycles. The summed E-state index contributed by atoms with van der Waals surface area (Å²) in [6.07, 6.45) is 0. The van der Waals surface area contributed by atoms with Gasteiger partial charge in [0.1, 0.15) is 0 Å². The minimum Gasteiger partial charge on any atom is -1.00 e. The quantitative estimate of drug-likeness (QED) is 0.488. The van der Waals surface area contributed by atoms with Gasteiger partial charge in [-0.1, -0.05) is 18.2 Å². The lowest BCUT2D eigenvalue weighted by Gasteiger charge is -2.37. The Morgan fingerprint density at radius 3 is 1.89 bits per heavy atom. The van der Waals surface area contributed by atoms with Crippen molar-refractivity contribution in [2.45, 2.75) is 20.8 Å². The zero-order chi connectivity index (χ0) is 12.7. The molecule has 0 saturated heterocycles. The van der Waals surface area contributed by atoms with Crippen molar-refractivity contribution in [1.82, 2.24) is 0 Å². The summed E-state index contributed by atoms with van der Waals surface area (Å²) in [5, 5.41) is 0. The van der Waals surface area contributed by atoms with Gasteiger partial charge in [-0.2, -0.15) is 0 Å². The van der Waals surface area contributed by atoms with Crippen LogP contribution in [0.2, 0.25) is 0 Å². The lowest BCUT2D eigenvalue weighted by atomic mass is 10.2. The molecule has 0 spiro atoms. The van der Waals surface area contributed by atoms with E-state index in [9.17, 15) is 0 Å². The fraction of sp³-hybridized carbons (Fsp3) is 0.600. The maximum Gasteiger partial charge on any atom is 0.0964 e. The molecule has 18 heavy (non-hydrogen) atoms. The molecule has 1 aromatic carbocycles. The van der Waals surface area contributed by atoms with Gasteiger partial charge in [-0.05, 0) is 32.9 Å². The number of nitrogens with zero attached hydrogens (tertiary/aromatic N) is 2. The molecule has 0 heterocycles. The molecule has 2 nitrogen and oxygen atoms in total. The average molecular weight is 362 g/mol. The predicted octanol–water partition coefficient (Wildman–Crippen LogP) is 0.00330. The molecule has 0 aliphatic rings. The van der Waals surface area contributed by atoms with Crippen LogP contribution in [-0.2, 0) is 0 Å². The zero-order valence-corrected chi connectivity index (χ0v) is 14.4. The molecule has 0 unspecified atom stereocenters. The van der Waals surface area contributed by atoms with E-state index in [4.69, 9.17) is 0 Å². The third-order valence-electron chi connectivity index (χ3n) is 4.12. The Labute approximate surface area is 130 Å². The van der Waals surface area contributed by atoms with Crippen molar-refractivity contribution in [1.29, 1.82) is 0 Å². The average Bonchev–Trinajstić information content (AvgIpc) is 2.41. The number of benzene rings is 1. The number of halogens is 1. The number of rotatable bonds is 7. The number of hydrogen-bond acceptors (Lipinski definition) is 1. The molecule has 0 aliphatic heterocycles. The standard InChI is InChI=1S/C15H27N2.HI/c1-5-17(6-2,7-3)14-13-16(4)15-11-9-8-10-12-15;/h8-12H,5-7,13-14H2,1-4H3;1H/q+1;/p-1. The Morgan fingerprint density at radius 1 is 0.944 bits per heavy atom. The summed E-state index contributed by atoms with van der Waals surface area (Å²) in [4.78, 5) is 2.36. The number of likely N-dealkylation sites (N-methyl/N-ethyl adjacent to an activating group) is 2. The molecular weight excluding hydrogens is 335 g/mol. The van der Waals surface area contributed by atoms with Crippen LogP contribution in [0, 0.1) is 0 Å². The highest BCUT2D eigenvalue weighted by atomic mass is 127. The van der Waals surface area contributed by atoms with Gasteiger partial charge >= 0.3 is 0 Å². The minimum absolute atomic E-state index is 0. The fourth-order valence-electron chi connectivity index (χ4n) is 2.32. The third kappa shape index (κ3) is 4.76. The second kappa shape index (κ2) is 8.75. The summed E-state index contributed by atoms with van der Waals surface area (Å²) in [6, 6.07) is 10.6. The van der Waals surface area contributed by atoms with Crippen LogP contribution in [-0.4, -0.2) is 44.3 Å². The van der Waals surface area contributed by atoms with Crippen molar-refractivity contribution in [2.24, 2.45) is 0 Å². The normalized spacial score (nSPS) is 10.9. The van der Waals surface area contributed by atoms with Gasteiger partial charge in [0.15, 0.2) is 0 Å². The maximum absolute atomic E-state index is 2.36. The summed E-state index contributed by atoms with van der Waals surface area (Å²) in [5.74, 6) is 0. The van der Waals surface area contributed by atoms with Crippen molar-refractivity contribution in [3.63, 3.8) is 0 Å². The fourth-order valence-corrected chi connectivity index (χ4v) is 2.32. The first-order valence-electron chi connectivity index (χ1n) is 6.78. The van der Waals surface area contributed by atoms with Crippen molar-refractivity contribution < 1.29 is 28.5 Å². The van der Waals surface area contributed by atoms with E-state index in [1.807, 2.05) is 0 Å². The van der Waals surface area contributed by atoms with E-state index in [0.717, 1.165) is 6.54 Å². The number of quaternary nitrogens is 1. The molecule has 0 saturated carbocycles. The van der Waals surface area contributed by atoms with Gasteiger partial charge in [-0.25, -0.2) is 0 Å². The van der Waals surface area contributed by atoms with E-state index < -0.39 is 0 Å². The Bertz CT molecular complexity index is 301. The van der Waals surface area contributed by atoms with E-state index in [1.165, 1.54) is 36.3 Å². The van der Waals surface area contributed by atoms with Crippen LogP contribution in [0.4, 0.5) is 5.69 Å². The third-order valence-corrected chi connectivity index (χ3v) is 4.12. The van der Waals surface area contributed by atoms with Crippen LogP contribution in [0.5, 0.6) is 0 Å². The molecule has 0 amide bonds. The van der Waals surface area contributed by atoms with Gasteiger partial charge in [-0.3, -0.25) is 0 Å². The minimum atomic E-state index is 0. The number of para-hydroxylation sites is 1. The molecule has 0 fully saturated rings. The van der Waals surface area contributed by atoms with Crippen molar-refractivity contribution in [2.75, 3.05) is 44.7 Å². The van der Waals surface area contributed by atoms with Gasteiger partial charge in [0.25, 0.3) is 0 Å². The van der Waals surface area contributed by atoms with Crippen LogP contribution >= 0.6 is 0 Å². The monoisotopic (exact) mass is 362 g/mol. The molecule has 0 N–H and O–H groups in total. The maximum atomic E-state index is 2.36. The Balaban J connectivity index is 0.00000289. The predicted molar refractivity (Wildman–Crippen MR) is 76.5 cm³/mol. The van der Waals surface area contributed by atoms with Crippen LogP contribution < -0.4 is 28.9 Å². The lowest BCUT2D eigenvalue weighted by Crippen LogP contribution is -3.00. The Hall–Kier alpha value is -0.290. The highest BCUT2D eigenvalue weighted by Gasteiger charge is 2.20. The molecule has 1 aromatic rings. The van der Waals surface area contributed by atoms with Crippen molar-refractivity contribution in [3.8, 4) is 0 Å². The molecule has 3 heteroatoms. The molecule has 0 atom stereocenters. The second-order valence-electron chi connectivity index (χ2n) is 4.77. The van der Waals surface area contributed by atoms with E-state index in [1.54, 1.807) is 0 Å². The van der Waals surface area contributed by atoms with E-state index in [0.29, 0.717) is 0 Å². The van der Waals surface area contributed by atoms with Crippen molar-refractivity contribution in [3.05, 3.63) is 30.3 Å². The van der Waals surface area contributed by atoms with Gasteiger partial charge < -0.3 is 33.4 Å². The molecule has 0 bridgehead atoms. The van der Waals surface area contributed by atoms with Gasteiger partial charge in [-0.15, -0.1) is 0 Å². The highest BCUT2D eigenvalue weighted by Crippen LogP contribution is 2.12. The molecule has 1 rings (SSSR count). The van der Waals surface area contributed by atoms with Crippen LogP contribution in [0.1, 0.15) is 20.8 Å². The van der Waals surface area contributed by atoms with Crippen LogP contribution in [0.3, 0.4) is 0 Å². The number of hydrogen-bond donors (Lipinski definition) is 0. The number of anilines is 1. The molecule has 0 radical (unpaired) electrons. The highest BCUT2D eigenvalue weighted by molar-refractivity contribution is 5.44. The van der Waals surface area contributed by atoms with Crippen molar-refractivity contribution >= 4 is 5.69 Å².